The van der Waals surface area contributed by atoms with Crippen LogP contribution in [0, 0.1) is 12.8 Å². The molecule has 0 aliphatic carbocycles. The fraction of sp³-hybridized carbons (Fsp3) is 0.533. The molecule has 21 heavy (non-hydrogen) atoms. The third-order valence-electron chi connectivity index (χ3n) is 3.41. The Hall–Kier alpha value is -1.56. The summed E-state index contributed by atoms with van der Waals surface area (Å²) >= 11 is 0. The molecule has 0 spiro atoms. The number of hydrogen-bond donors (Lipinski definition) is 2. The molecular weight excluding hydrogens is 288 g/mol. The van der Waals surface area contributed by atoms with E-state index in [1.807, 2.05) is 26.8 Å². The highest BCUT2D eigenvalue weighted by atomic mass is 32.2. The van der Waals surface area contributed by atoms with Crippen LogP contribution < -0.4 is 11.1 Å². The predicted molar refractivity (Wildman–Crippen MR) is 86.9 cm³/mol. The monoisotopic (exact) mass is 312 g/mol. The molecular formula is C15H24N2O3S. The van der Waals surface area contributed by atoms with E-state index in [2.05, 4.69) is 5.32 Å². The van der Waals surface area contributed by atoms with Crippen molar-refractivity contribution < 1.29 is 13.2 Å². The molecule has 0 radical (unpaired) electrons. The van der Waals surface area contributed by atoms with Crippen LogP contribution in [0.15, 0.2) is 18.2 Å². The van der Waals surface area contributed by atoms with Gasteiger partial charge in [0.2, 0.25) is 5.91 Å². The van der Waals surface area contributed by atoms with Gasteiger partial charge in [-0.2, -0.15) is 0 Å². The molecule has 1 aromatic rings. The number of hydrogen-bond acceptors (Lipinski definition) is 4. The molecule has 3 N–H and O–H groups in total. The second-order valence-corrected chi connectivity index (χ2v) is 7.73. The molecule has 1 amide bonds. The van der Waals surface area contributed by atoms with Gasteiger partial charge in [-0.15, -0.1) is 0 Å². The highest BCUT2D eigenvalue weighted by molar-refractivity contribution is 7.91. The van der Waals surface area contributed by atoms with E-state index >= 15 is 0 Å². The van der Waals surface area contributed by atoms with Gasteiger partial charge >= 0.3 is 0 Å². The van der Waals surface area contributed by atoms with Crippen molar-refractivity contribution >= 4 is 27.1 Å². The van der Waals surface area contributed by atoms with Crippen molar-refractivity contribution in [2.45, 2.75) is 33.6 Å². The summed E-state index contributed by atoms with van der Waals surface area (Å²) < 4.78 is 23.8. The van der Waals surface area contributed by atoms with Gasteiger partial charge in [-0.1, -0.05) is 26.3 Å². The van der Waals surface area contributed by atoms with Gasteiger partial charge in [-0.05, 0) is 30.5 Å². The van der Waals surface area contributed by atoms with Gasteiger partial charge in [0.15, 0.2) is 9.84 Å². The van der Waals surface area contributed by atoms with Crippen LogP contribution in [0.25, 0.3) is 0 Å². The Morgan fingerprint density at radius 3 is 2.67 bits per heavy atom. The lowest BCUT2D eigenvalue weighted by atomic mass is 10.2. The molecule has 0 aliphatic rings. The van der Waals surface area contributed by atoms with Gasteiger partial charge in [0.25, 0.3) is 0 Å². The van der Waals surface area contributed by atoms with Crippen LogP contribution in [0.5, 0.6) is 0 Å². The van der Waals surface area contributed by atoms with E-state index in [0.29, 0.717) is 11.4 Å². The molecule has 0 heterocycles. The molecule has 6 heteroatoms. The second-order valence-electron chi connectivity index (χ2n) is 5.50. The molecule has 1 rings (SSSR count). The van der Waals surface area contributed by atoms with Gasteiger partial charge < -0.3 is 11.1 Å². The number of nitrogens with two attached hydrogens (primary N) is 1. The van der Waals surface area contributed by atoms with E-state index in [1.54, 1.807) is 12.1 Å². The maximum atomic E-state index is 11.9. The summed E-state index contributed by atoms with van der Waals surface area (Å²) in [6.45, 7) is 5.71. The van der Waals surface area contributed by atoms with Gasteiger partial charge in [0, 0.05) is 17.8 Å². The third-order valence-corrected chi connectivity index (χ3v) is 5.31. The van der Waals surface area contributed by atoms with E-state index in [0.717, 1.165) is 12.0 Å². The molecule has 0 aliphatic heterocycles. The zero-order valence-electron chi connectivity index (χ0n) is 12.8. The van der Waals surface area contributed by atoms with Crippen molar-refractivity contribution in [1.29, 1.82) is 0 Å². The summed E-state index contributed by atoms with van der Waals surface area (Å²) in [5, 5.41) is 2.71. The van der Waals surface area contributed by atoms with Gasteiger partial charge in [0.1, 0.15) is 0 Å². The number of anilines is 2. The summed E-state index contributed by atoms with van der Waals surface area (Å²) in [7, 11) is -3.18. The highest BCUT2D eigenvalue weighted by Gasteiger charge is 2.17. The van der Waals surface area contributed by atoms with Crippen molar-refractivity contribution in [3.63, 3.8) is 0 Å². The number of carbonyl (C=O) groups excluding carboxylic acids is 1. The van der Waals surface area contributed by atoms with Gasteiger partial charge in [-0.25, -0.2) is 8.42 Å². The van der Waals surface area contributed by atoms with Crippen LogP contribution in [0.4, 0.5) is 11.4 Å². The Kier molecular flexibility index (Phi) is 6.20. The van der Waals surface area contributed by atoms with Crippen molar-refractivity contribution in [1.82, 2.24) is 0 Å². The molecule has 118 valence electrons. The maximum absolute atomic E-state index is 11.9. The summed E-state index contributed by atoms with van der Waals surface area (Å²) in [5.74, 6) is -0.177. The molecule has 0 saturated carbocycles. The standard InChI is InChI=1S/C15H24N2O3S/c1-4-11(2)10-21(19,20)8-7-15(18)17-14-9-13(16)6-5-12(14)3/h5-6,9,11H,4,7-8,10,16H2,1-3H3,(H,17,18). The van der Waals surface area contributed by atoms with E-state index in [4.69, 9.17) is 5.73 Å². The smallest absolute Gasteiger partial charge is 0.225 e. The van der Waals surface area contributed by atoms with Crippen molar-refractivity contribution in [3.8, 4) is 0 Å². The lowest BCUT2D eigenvalue weighted by Crippen LogP contribution is -2.21. The molecule has 0 aromatic heterocycles. The fourth-order valence-electron chi connectivity index (χ4n) is 1.87. The van der Waals surface area contributed by atoms with Crippen molar-refractivity contribution in [2.24, 2.45) is 5.92 Å². The number of nitrogens with one attached hydrogen (secondary N) is 1. The van der Waals surface area contributed by atoms with Crippen LogP contribution in [0.1, 0.15) is 32.3 Å². The van der Waals surface area contributed by atoms with Crippen LogP contribution in [-0.4, -0.2) is 25.8 Å². The van der Waals surface area contributed by atoms with E-state index in [1.165, 1.54) is 0 Å². The number of benzene rings is 1. The largest absolute Gasteiger partial charge is 0.399 e. The number of rotatable bonds is 7. The maximum Gasteiger partial charge on any atom is 0.225 e. The third kappa shape index (κ3) is 6.16. The average Bonchev–Trinajstić information content (AvgIpc) is 2.40. The zero-order chi connectivity index (χ0) is 16.0. The minimum atomic E-state index is -3.18. The summed E-state index contributed by atoms with van der Waals surface area (Å²) in [6.07, 6.45) is 0.779. The number of aryl methyl sites for hydroxylation is 1. The van der Waals surface area contributed by atoms with Gasteiger partial charge in [-0.3, -0.25) is 4.79 Å². The lowest BCUT2D eigenvalue weighted by molar-refractivity contribution is -0.115. The molecule has 1 unspecified atom stereocenters. The SMILES string of the molecule is CCC(C)CS(=O)(=O)CCC(=O)Nc1cc(N)ccc1C. The van der Waals surface area contributed by atoms with Gasteiger partial charge in [0.05, 0.1) is 11.5 Å². The fourth-order valence-corrected chi connectivity index (χ4v) is 3.64. The first kappa shape index (κ1) is 17.5. The van der Waals surface area contributed by atoms with E-state index in [9.17, 15) is 13.2 Å². The predicted octanol–water partition coefficient (Wildman–Crippen LogP) is 2.37. The van der Waals surface area contributed by atoms with Crippen LogP contribution in [-0.2, 0) is 14.6 Å². The Bertz CT molecular complexity index is 597. The zero-order valence-corrected chi connectivity index (χ0v) is 13.7. The summed E-state index contributed by atoms with van der Waals surface area (Å²) in [4.78, 5) is 11.9. The van der Waals surface area contributed by atoms with E-state index < -0.39 is 9.84 Å². The summed E-state index contributed by atoms with van der Waals surface area (Å²) in [5.41, 5.74) is 7.74. The van der Waals surface area contributed by atoms with Crippen molar-refractivity contribution in [3.05, 3.63) is 23.8 Å². The number of amides is 1. The number of carbonyl (C=O) groups is 1. The number of sulfone groups is 1. The Morgan fingerprint density at radius 1 is 1.38 bits per heavy atom. The minimum absolute atomic E-state index is 0.0347. The summed E-state index contributed by atoms with van der Waals surface area (Å²) in [6, 6.07) is 5.23. The molecule has 1 atom stereocenters. The van der Waals surface area contributed by atoms with Crippen LogP contribution >= 0.6 is 0 Å². The lowest BCUT2D eigenvalue weighted by Gasteiger charge is -2.11. The molecule has 0 fully saturated rings. The topological polar surface area (TPSA) is 89.3 Å². The molecule has 1 aromatic carbocycles. The molecule has 5 nitrogen and oxygen atoms in total. The highest BCUT2D eigenvalue weighted by Crippen LogP contribution is 2.18. The van der Waals surface area contributed by atoms with Crippen LogP contribution in [0.3, 0.4) is 0 Å². The molecule has 0 saturated heterocycles. The Labute approximate surface area is 126 Å². The Balaban J connectivity index is 2.56. The molecule has 0 bridgehead atoms. The Morgan fingerprint density at radius 2 is 2.05 bits per heavy atom. The first-order chi connectivity index (χ1) is 9.73. The second kappa shape index (κ2) is 7.45. The van der Waals surface area contributed by atoms with Crippen molar-refractivity contribution in [2.75, 3.05) is 22.6 Å². The number of nitrogen functional groups attached to an aromatic ring is 1. The first-order valence-electron chi connectivity index (χ1n) is 7.10. The van der Waals surface area contributed by atoms with Crippen LogP contribution in [0.2, 0.25) is 0 Å². The normalized spacial score (nSPS) is 12.9. The minimum Gasteiger partial charge on any atom is -0.399 e. The first-order valence-corrected chi connectivity index (χ1v) is 8.92. The quantitative estimate of drug-likeness (QED) is 0.756. The average molecular weight is 312 g/mol. The van der Waals surface area contributed by atoms with E-state index in [-0.39, 0.29) is 29.8 Å².